The molecule has 0 bridgehead atoms. The maximum absolute atomic E-state index is 12.4. The number of aryl methyl sites for hydroxylation is 1. The number of rotatable bonds is 4. The monoisotopic (exact) mass is 347 g/mol. The summed E-state index contributed by atoms with van der Waals surface area (Å²) in [5, 5.41) is 11.9. The van der Waals surface area contributed by atoms with Crippen LogP contribution in [0.4, 0.5) is 5.69 Å². The van der Waals surface area contributed by atoms with Gasteiger partial charge in [-0.25, -0.2) is 4.79 Å². The molecule has 0 unspecified atom stereocenters. The lowest BCUT2D eigenvalue weighted by atomic mass is 10.0. The predicted molar refractivity (Wildman–Crippen MR) is 84.9 cm³/mol. The summed E-state index contributed by atoms with van der Waals surface area (Å²) in [5.41, 5.74) is 1.78. The van der Waals surface area contributed by atoms with Gasteiger partial charge in [-0.1, -0.05) is 31.2 Å². The molecular weight excluding hydrogens is 334 g/mol. The summed E-state index contributed by atoms with van der Waals surface area (Å²) < 4.78 is 0.532. The summed E-state index contributed by atoms with van der Waals surface area (Å²) in [7, 11) is 0. The highest BCUT2D eigenvalue weighted by atomic mass is 79.9. The van der Waals surface area contributed by atoms with Crippen molar-refractivity contribution in [3.63, 3.8) is 0 Å². The van der Waals surface area contributed by atoms with Crippen molar-refractivity contribution in [2.75, 3.05) is 5.32 Å². The number of carbonyl (C=O) groups is 2. The lowest BCUT2D eigenvalue weighted by Gasteiger charge is -2.12. The number of para-hydroxylation sites is 1. The van der Waals surface area contributed by atoms with Crippen molar-refractivity contribution in [1.82, 2.24) is 0 Å². The summed E-state index contributed by atoms with van der Waals surface area (Å²) >= 11 is 3.27. The van der Waals surface area contributed by atoms with Crippen molar-refractivity contribution >= 4 is 33.5 Å². The van der Waals surface area contributed by atoms with Crippen molar-refractivity contribution < 1.29 is 14.7 Å². The van der Waals surface area contributed by atoms with Gasteiger partial charge in [0.05, 0.1) is 11.3 Å². The molecule has 0 fully saturated rings. The number of aromatic carboxylic acids is 1. The molecule has 21 heavy (non-hydrogen) atoms. The van der Waals surface area contributed by atoms with E-state index in [1.807, 2.05) is 19.1 Å². The number of anilines is 1. The zero-order valence-corrected chi connectivity index (χ0v) is 13.0. The van der Waals surface area contributed by atoms with E-state index in [1.165, 1.54) is 6.07 Å². The van der Waals surface area contributed by atoms with Gasteiger partial charge in [0.15, 0.2) is 0 Å². The van der Waals surface area contributed by atoms with Gasteiger partial charge in [0.2, 0.25) is 0 Å². The van der Waals surface area contributed by atoms with Gasteiger partial charge < -0.3 is 10.4 Å². The minimum atomic E-state index is -1.09. The number of hydrogen-bond donors (Lipinski definition) is 2. The zero-order chi connectivity index (χ0) is 15.4. The van der Waals surface area contributed by atoms with Crippen molar-refractivity contribution in [3.05, 3.63) is 63.6 Å². The van der Waals surface area contributed by atoms with Gasteiger partial charge in [-0.05, 0) is 46.1 Å². The zero-order valence-electron chi connectivity index (χ0n) is 11.4. The summed E-state index contributed by atoms with van der Waals surface area (Å²) in [6, 6.07) is 12.0. The van der Waals surface area contributed by atoms with E-state index in [-0.39, 0.29) is 17.2 Å². The smallest absolute Gasteiger partial charge is 0.337 e. The molecule has 2 aromatic rings. The molecule has 0 heterocycles. The first kappa shape index (κ1) is 15.3. The Kier molecular flexibility index (Phi) is 4.75. The third kappa shape index (κ3) is 3.31. The molecule has 0 aromatic heterocycles. The summed E-state index contributed by atoms with van der Waals surface area (Å²) in [4.78, 5) is 23.6. The number of nitrogens with one attached hydrogen (secondary N) is 1. The fourth-order valence-electron chi connectivity index (χ4n) is 2.06. The number of carboxylic acids is 1. The van der Waals surface area contributed by atoms with Crippen molar-refractivity contribution in [2.45, 2.75) is 13.3 Å². The quantitative estimate of drug-likeness (QED) is 0.879. The largest absolute Gasteiger partial charge is 0.478 e. The average Bonchev–Trinajstić information content (AvgIpc) is 2.48. The molecule has 0 radical (unpaired) electrons. The molecule has 0 saturated heterocycles. The van der Waals surface area contributed by atoms with E-state index in [2.05, 4.69) is 21.2 Å². The Bertz CT molecular complexity index is 698. The van der Waals surface area contributed by atoms with Crippen LogP contribution in [0.2, 0.25) is 0 Å². The molecule has 2 aromatic carbocycles. The average molecular weight is 348 g/mol. The maximum Gasteiger partial charge on any atom is 0.337 e. The van der Waals surface area contributed by atoms with Gasteiger partial charge in [0.25, 0.3) is 5.91 Å². The van der Waals surface area contributed by atoms with E-state index in [0.717, 1.165) is 12.0 Å². The van der Waals surface area contributed by atoms with Crippen LogP contribution >= 0.6 is 15.9 Å². The lowest BCUT2D eigenvalue weighted by molar-refractivity contribution is 0.0698. The molecule has 0 saturated carbocycles. The van der Waals surface area contributed by atoms with Gasteiger partial charge in [-0.15, -0.1) is 0 Å². The second-order valence-electron chi connectivity index (χ2n) is 4.43. The van der Waals surface area contributed by atoms with E-state index >= 15 is 0 Å². The molecule has 5 heteroatoms. The number of carbonyl (C=O) groups excluding carboxylic acids is 1. The molecule has 2 N–H and O–H groups in total. The van der Waals surface area contributed by atoms with Crippen molar-refractivity contribution in [1.29, 1.82) is 0 Å². The fraction of sp³-hybridized carbons (Fsp3) is 0.125. The van der Waals surface area contributed by atoms with Crippen LogP contribution in [0, 0.1) is 0 Å². The molecule has 0 aliphatic rings. The number of hydrogen-bond acceptors (Lipinski definition) is 2. The van der Waals surface area contributed by atoms with E-state index in [9.17, 15) is 14.7 Å². The van der Waals surface area contributed by atoms with Crippen molar-refractivity contribution in [2.24, 2.45) is 0 Å². The highest BCUT2D eigenvalue weighted by Gasteiger charge is 2.17. The van der Waals surface area contributed by atoms with E-state index < -0.39 is 5.97 Å². The van der Waals surface area contributed by atoms with Crippen LogP contribution in [0.25, 0.3) is 0 Å². The van der Waals surface area contributed by atoms with E-state index in [1.54, 1.807) is 24.3 Å². The van der Waals surface area contributed by atoms with Crippen LogP contribution in [-0.2, 0) is 6.42 Å². The molecule has 4 nitrogen and oxygen atoms in total. The molecule has 0 aliphatic heterocycles. The summed E-state index contributed by atoms with van der Waals surface area (Å²) in [6.07, 6.45) is 0.728. The van der Waals surface area contributed by atoms with Gasteiger partial charge in [-0.2, -0.15) is 0 Å². The normalized spacial score (nSPS) is 10.2. The van der Waals surface area contributed by atoms with Crippen LogP contribution in [-0.4, -0.2) is 17.0 Å². The highest BCUT2D eigenvalue weighted by molar-refractivity contribution is 9.10. The van der Waals surface area contributed by atoms with Crippen LogP contribution in [0.15, 0.2) is 46.9 Å². The second-order valence-corrected chi connectivity index (χ2v) is 5.29. The summed E-state index contributed by atoms with van der Waals surface area (Å²) in [6.45, 7) is 1.97. The third-order valence-electron chi connectivity index (χ3n) is 3.13. The van der Waals surface area contributed by atoms with Crippen molar-refractivity contribution in [3.8, 4) is 0 Å². The number of halogens is 1. The Morgan fingerprint density at radius 3 is 2.43 bits per heavy atom. The molecule has 1 amide bonds. The van der Waals surface area contributed by atoms with E-state index in [0.29, 0.717) is 10.0 Å². The lowest BCUT2D eigenvalue weighted by Crippen LogP contribution is -2.16. The van der Waals surface area contributed by atoms with Gasteiger partial charge >= 0.3 is 5.97 Å². The second kappa shape index (κ2) is 6.54. The number of benzene rings is 2. The van der Waals surface area contributed by atoms with Gasteiger partial charge in [0.1, 0.15) is 0 Å². The minimum absolute atomic E-state index is 0.0479. The topological polar surface area (TPSA) is 66.4 Å². The standard InChI is InChI=1S/C16H14BrNO3/c1-2-10-6-3-4-7-11(10)15(19)18-14-12(16(20)21)8-5-9-13(14)17/h3-9H,2H2,1H3,(H,18,19)(H,20,21). The third-order valence-corrected chi connectivity index (χ3v) is 3.79. The molecule has 0 atom stereocenters. The summed E-state index contributed by atoms with van der Waals surface area (Å²) in [5.74, 6) is -1.41. The fourth-order valence-corrected chi connectivity index (χ4v) is 2.53. The van der Waals surface area contributed by atoms with E-state index in [4.69, 9.17) is 0 Å². The SMILES string of the molecule is CCc1ccccc1C(=O)Nc1c(Br)cccc1C(=O)O. The van der Waals surface area contributed by atoms with Crippen LogP contribution in [0.3, 0.4) is 0 Å². The Morgan fingerprint density at radius 1 is 1.10 bits per heavy atom. The van der Waals surface area contributed by atoms with Gasteiger partial charge in [-0.3, -0.25) is 4.79 Å². The first-order chi connectivity index (χ1) is 10.0. The Morgan fingerprint density at radius 2 is 1.76 bits per heavy atom. The van der Waals surface area contributed by atoms with Crippen LogP contribution in [0.5, 0.6) is 0 Å². The first-order valence-corrected chi connectivity index (χ1v) is 7.25. The first-order valence-electron chi connectivity index (χ1n) is 6.45. The highest BCUT2D eigenvalue weighted by Crippen LogP contribution is 2.27. The Hall–Kier alpha value is -2.14. The number of amides is 1. The molecule has 0 aliphatic carbocycles. The molecule has 108 valence electrons. The number of carboxylic acid groups (broad SMARTS) is 1. The molecular formula is C16H14BrNO3. The van der Waals surface area contributed by atoms with Gasteiger partial charge in [0, 0.05) is 10.0 Å². The Labute approximate surface area is 130 Å². The minimum Gasteiger partial charge on any atom is -0.478 e. The van der Waals surface area contributed by atoms with Crippen LogP contribution in [0.1, 0.15) is 33.2 Å². The molecule has 0 spiro atoms. The Balaban J connectivity index is 2.38. The molecule has 2 rings (SSSR count). The predicted octanol–water partition coefficient (Wildman–Crippen LogP) is 3.96. The maximum atomic E-state index is 12.4. The van der Waals surface area contributed by atoms with Crippen LogP contribution < -0.4 is 5.32 Å².